The van der Waals surface area contributed by atoms with Gasteiger partial charge in [-0.3, -0.25) is 23.9 Å². The predicted molar refractivity (Wildman–Crippen MR) is 158 cm³/mol. The van der Waals surface area contributed by atoms with Crippen LogP contribution in [0, 0.1) is 6.92 Å². The van der Waals surface area contributed by atoms with E-state index in [0.717, 1.165) is 5.56 Å². The van der Waals surface area contributed by atoms with Gasteiger partial charge in [0.05, 0.1) is 24.0 Å². The van der Waals surface area contributed by atoms with E-state index in [2.05, 4.69) is 20.9 Å². The summed E-state index contributed by atoms with van der Waals surface area (Å²) in [6.07, 6.45) is -3.15. The van der Waals surface area contributed by atoms with Gasteiger partial charge in [0.1, 0.15) is 23.4 Å². The number of fused-ring (bicyclic) bond motifs is 4. The lowest BCUT2D eigenvalue weighted by Crippen LogP contribution is -2.53. The van der Waals surface area contributed by atoms with Gasteiger partial charge in [0.2, 0.25) is 11.8 Å². The van der Waals surface area contributed by atoms with Crippen LogP contribution in [0.15, 0.2) is 41.5 Å². The number of nitrogens with zero attached hydrogens (tertiary/aromatic N) is 5. The molecule has 0 unspecified atom stereocenters. The molecule has 3 N–H and O–H groups in total. The Kier molecular flexibility index (Phi) is 11.1. The number of aromatic nitrogens is 4. The second-order valence-corrected chi connectivity index (χ2v) is 11.2. The highest BCUT2D eigenvalue weighted by molar-refractivity contribution is 6.30. The van der Waals surface area contributed by atoms with Gasteiger partial charge >= 0.3 is 6.18 Å². The number of pyridine rings is 1. The lowest BCUT2D eigenvalue weighted by atomic mass is 10.1. The first-order chi connectivity index (χ1) is 21.7. The minimum absolute atomic E-state index is 0.0163. The summed E-state index contributed by atoms with van der Waals surface area (Å²) < 4.78 is 48.1. The summed E-state index contributed by atoms with van der Waals surface area (Å²) in [5.74, 6) is -1.61. The van der Waals surface area contributed by atoms with Crippen molar-refractivity contribution in [1.29, 1.82) is 0 Å². The molecule has 3 aromatic rings. The molecule has 13 nitrogen and oxygen atoms in total. The van der Waals surface area contributed by atoms with Gasteiger partial charge in [0, 0.05) is 57.0 Å². The summed E-state index contributed by atoms with van der Waals surface area (Å²) in [4.78, 5) is 53.1. The number of carbonyl (C=O) groups is 3. The van der Waals surface area contributed by atoms with E-state index in [0.29, 0.717) is 47.8 Å². The first-order valence-corrected chi connectivity index (χ1v) is 14.7. The highest BCUT2D eigenvalue weighted by atomic mass is 35.5. The SMILES string of the molecule is Cc1ccc2cc1OCCCn1cc(nn1)CCN(C(=O)Cn1cc(C(F)(F)F)cc(Cl)c1=O)CCNC(=O)[C@H]([C@@H](C)O)NC2=O. The number of rotatable bonds is 3. The number of aliphatic hydroxyl groups is 1. The number of hydrogen-bond donors (Lipinski definition) is 3. The van der Waals surface area contributed by atoms with Crippen LogP contribution in [0.2, 0.25) is 5.02 Å². The minimum atomic E-state index is -4.81. The van der Waals surface area contributed by atoms with Gasteiger partial charge in [-0.25, -0.2) is 0 Å². The van der Waals surface area contributed by atoms with Crippen LogP contribution in [0.25, 0.3) is 0 Å². The molecule has 4 bridgehead atoms. The molecule has 0 radical (unpaired) electrons. The van der Waals surface area contributed by atoms with E-state index < -0.39 is 58.7 Å². The number of carbonyl (C=O) groups excluding carboxylic acids is 3. The van der Waals surface area contributed by atoms with E-state index in [-0.39, 0.29) is 31.6 Å². The smallest absolute Gasteiger partial charge is 0.417 e. The normalized spacial score (nSPS) is 17.8. The van der Waals surface area contributed by atoms with Gasteiger partial charge in [-0.1, -0.05) is 22.9 Å². The van der Waals surface area contributed by atoms with Crippen molar-refractivity contribution in [1.82, 2.24) is 35.1 Å². The molecule has 0 spiro atoms. The summed E-state index contributed by atoms with van der Waals surface area (Å²) in [6, 6.07) is 3.94. The molecule has 0 aliphatic carbocycles. The molecule has 248 valence electrons. The van der Waals surface area contributed by atoms with Crippen LogP contribution >= 0.6 is 11.6 Å². The Morgan fingerprint density at radius 2 is 1.93 bits per heavy atom. The summed E-state index contributed by atoms with van der Waals surface area (Å²) in [6.45, 7) is 2.88. The molecule has 1 aromatic carbocycles. The third-order valence-electron chi connectivity index (χ3n) is 7.22. The minimum Gasteiger partial charge on any atom is -0.493 e. The molecule has 1 aliphatic heterocycles. The average molecular weight is 668 g/mol. The van der Waals surface area contributed by atoms with Crippen molar-refractivity contribution in [3.63, 3.8) is 0 Å². The monoisotopic (exact) mass is 667 g/mol. The van der Waals surface area contributed by atoms with Gasteiger partial charge in [-0.2, -0.15) is 13.2 Å². The zero-order chi connectivity index (χ0) is 33.6. The van der Waals surface area contributed by atoms with E-state index in [1.807, 2.05) is 6.92 Å². The van der Waals surface area contributed by atoms with Gasteiger partial charge in [0.15, 0.2) is 0 Å². The number of alkyl halides is 3. The topological polar surface area (TPSA) is 161 Å². The number of hydrogen-bond acceptors (Lipinski definition) is 8. The molecular weight excluding hydrogens is 635 g/mol. The van der Waals surface area contributed by atoms with Gasteiger partial charge < -0.3 is 29.9 Å². The molecule has 46 heavy (non-hydrogen) atoms. The maximum Gasteiger partial charge on any atom is 0.417 e. The molecule has 2 aromatic heterocycles. The van der Waals surface area contributed by atoms with Crippen LogP contribution in [0.4, 0.5) is 13.2 Å². The third-order valence-corrected chi connectivity index (χ3v) is 7.49. The molecular formula is C29H33ClF3N7O6. The van der Waals surface area contributed by atoms with E-state index in [1.54, 1.807) is 29.1 Å². The molecule has 0 saturated heterocycles. The average Bonchev–Trinajstić information content (AvgIpc) is 3.44. The maximum absolute atomic E-state index is 13.3. The Bertz CT molecular complexity index is 1640. The van der Waals surface area contributed by atoms with Crippen molar-refractivity contribution < 1.29 is 37.4 Å². The molecule has 2 atom stereocenters. The second-order valence-electron chi connectivity index (χ2n) is 10.8. The fourth-order valence-corrected chi connectivity index (χ4v) is 4.88. The summed E-state index contributed by atoms with van der Waals surface area (Å²) >= 11 is 5.74. The first kappa shape index (κ1) is 34.4. The Hall–Kier alpha value is -4.44. The van der Waals surface area contributed by atoms with Crippen molar-refractivity contribution in [2.24, 2.45) is 0 Å². The van der Waals surface area contributed by atoms with E-state index in [9.17, 15) is 37.5 Å². The van der Waals surface area contributed by atoms with Crippen LogP contribution in [0.1, 0.15) is 40.5 Å². The van der Waals surface area contributed by atoms with Crippen LogP contribution < -0.4 is 20.9 Å². The number of nitrogens with one attached hydrogen (secondary N) is 2. The number of benzene rings is 1. The molecule has 1 aliphatic rings. The van der Waals surface area contributed by atoms with Crippen LogP contribution in [-0.4, -0.2) is 85.7 Å². The molecule has 3 amide bonds. The quantitative estimate of drug-likeness (QED) is 0.380. The highest BCUT2D eigenvalue weighted by Gasteiger charge is 2.32. The molecule has 4 rings (SSSR count). The number of aryl methyl sites for hydroxylation is 2. The number of ether oxygens (including phenoxy) is 1. The van der Waals surface area contributed by atoms with E-state index in [1.165, 1.54) is 11.8 Å². The second kappa shape index (κ2) is 14.8. The number of aliphatic hydroxyl groups excluding tert-OH is 1. The van der Waals surface area contributed by atoms with Crippen molar-refractivity contribution in [3.05, 3.63) is 74.4 Å². The molecule has 0 saturated carbocycles. The predicted octanol–water partition coefficient (Wildman–Crippen LogP) is 1.57. The van der Waals surface area contributed by atoms with Crippen molar-refractivity contribution >= 4 is 29.3 Å². The van der Waals surface area contributed by atoms with Crippen LogP contribution in [-0.2, 0) is 35.3 Å². The van der Waals surface area contributed by atoms with Crippen LogP contribution in [0.3, 0.4) is 0 Å². The number of amides is 3. The lowest BCUT2D eigenvalue weighted by Gasteiger charge is -2.25. The fraction of sp³-hybridized carbons (Fsp3) is 0.448. The largest absolute Gasteiger partial charge is 0.493 e. The standard InChI is InChI=1S/C29H33ClF3N7O6/c1-17-4-5-19-12-23(17)46-11-3-8-40-15-21(36-37-40)6-9-38(10-7-34-27(44)25(18(2)41)35-26(19)43)24(42)16-39-14-20(29(31,32)33)13-22(30)28(39)45/h4-5,12-15,18,25,41H,3,6-11,16H2,1-2H3,(H,34,44)(H,35,43)/t18-,25+/m1/s1. The van der Waals surface area contributed by atoms with Crippen molar-refractivity contribution in [3.8, 4) is 5.75 Å². The Morgan fingerprint density at radius 1 is 1.17 bits per heavy atom. The third kappa shape index (κ3) is 8.84. The van der Waals surface area contributed by atoms with Crippen molar-refractivity contribution in [2.75, 3.05) is 26.2 Å². The number of halogens is 4. The zero-order valence-corrected chi connectivity index (χ0v) is 25.8. The maximum atomic E-state index is 13.3. The van der Waals surface area contributed by atoms with Gasteiger partial charge in [0.25, 0.3) is 11.5 Å². The van der Waals surface area contributed by atoms with E-state index in [4.69, 9.17) is 16.3 Å². The van der Waals surface area contributed by atoms with Crippen LogP contribution in [0.5, 0.6) is 5.75 Å². The summed E-state index contributed by atoms with van der Waals surface area (Å²) in [5, 5.41) is 22.9. The molecule has 3 heterocycles. The Labute approximate surface area is 266 Å². The highest BCUT2D eigenvalue weighted by Crippen LogP contribution is 2.29. The van der Waals surface area contributed by atoms with E-state index >= 15 is 0 Å². The first-order valence-electron chi connectivity index (χ1n) is 14.4. The lowest BCUT2D eigenvalue weighted by molar-refractivity contribution is -0.138. The fourth-order valence-electron chi connectivity index (χ4n) is 4.65. The molecule has 17 heteroatoms. The summed E-state index contributed by atoms with van der Waals surface area (Å²) in [7, 11) is 0. The zero-order valence-electron chi connectivity index (χ0n) is 25.0. The Balaban J connectivity index is 1.57. The van der Waals surface area contributed by atoms with Gasteiger partial charge in [-0.15, -0.1) is 5.10 Å². The molecule has 0 fully saturated rings. The van der Waals surface area contributed by atoms with Gasteiger partial charge in [-0.05, 0) is 37.6 Å². The summed E-state index contributed by atoms with van der Waals surface area (Å²) in [5.41, 5.74) is -0.648. The Morgan fingerprint density at radius 3 is 2.65 bits per heavy atom. The van der Waals surface area contributed by atoms with Crippen molar-refractivity contribution in [2.45, 2.75) is 58.1 Å².